The van der Waals surface area contributed by atoms with Gasteiger partial charge in [0.2, 0.25) is 0 Å². The molecule has 0 saturated heterocycles. The van der Waals surface area contributed by atoms with E-state index in [9.17, 15) is 4.79 Å². The number of alkyl halides is 1. The molecule has 0 bridgehead atoms. The lowest BCUT2D eigenvalue weighted by atomic mass is 9.77. The largest absolute Gasteiger partial charge is 0.343 e. The molecule has 1 N–H and O–H groups in total. The fourth-order valence-corrected chi connectivity index (χ4v) is 4.85. The highest BCUT2D eigenvalue weighted by molar-refractivity contribution is 9.09. The van der Waals surface area contributed by atoms with Crippen LogP contribution in [0.1, 0.15) is 39.0 Å². The molecule has 0 atom stereocenters. The molecule has 1 heterocycles. The summed E-state index contributed by atoms with van der Waals surface area (Å²) in [6, 6.07) is 0. The van der Waals surface area contributed by atoms with Crippen molar-refractivity contribution in [3.8, 4) is 0 Å². The van der Waals surface area contributed by atoms with Crippen molar-refractivity contribution in [3.05, 3.63) is 10.5 Å². The number of H-pyrrole nitrogens is 1. The van der Waals surface area contributed by atoms with Crippen LogP contribution in [0.5, 0.6) is 0 Å². The van der Waals surface area contributed by atoms with E-state index in [-0.39, 0.29) is 5.69 Å². The maximum atomic E-state index is 11.5. The van der Waals surface area contributed by atoms with E-state index >= 15 is 0 Å². The van der Waals surface area contributed by atoms with E-state index in [1.807, 2.05) is 6.92 Å². The highest BCUT2D eigenvalue weighted by Gasteiger charge is 2.31. The Labute approximate surface area is 120 Å². The van der Waals surface area contributed by atoms with Gasteiger partial charge in [-0.15, -0.1) is 5.10 Å². The summed E-state index contributed by atoms with van der Waals surface area (Å²) >= 11 is 5.39. The molecule has 1 saturated carbocycles. The Hall–Kier alpha value is -0.230. The Morgan fingerprint density at radius 3 is 2.78 bits per heavy atom. The molecule has 2 rings (SSSR count). The molecule has 0 radical (unpaired) electrons. The monoisotopic (exact) mass is 333 g/mol. The van der Waals surface area contributed by atoms with Gasteiger partial charge in [0, 0.05) is 17.6 Å². The molecule has 18 heavy (non-hydrogen) atoms. The number of nitrogens with zero attached hydrogens (tertiary/aromatic N) is 2. The molecule has 0 aromatic carbocycles. The molecular formula is C12H20BrN3OS. The van der Waals surface area contributed by atoms with Crippen molar-refractivity contribution in [2.24, 2.45) is 5.41 Å². The van der Waals surface area contributed by atoms with Crippen LogP contribution in [0.15, 0.2) is 9.95 Å². The molecule has 0 amide bonds. The van der Waals surface area contributed by atoms with Crippen molar-refractivity contribution in [1.82, 2.24) is 14.8 Å². The minimum absolute atomic E-state index is 0.100. The SMILES string of the molecule is CCn1c(SCC2(CBr)CCCCC2)n[nH]c1=O. The van der Waals surface area contributed by atoms with E-state index in [1.54, 1.807) is 16.3 Å². The number of hydrogen-bond acceptors (Lipinski definition) is 3. The number of hydrogen-bond donors (Lipinski definition) is 1. The zero-order valence-electron chi connectivity index (χ0n) is 10.7. The third kappa shape index (κ3) is 3.02. The molecule has 1 aromatic heterocycles. The van der Waals surface area contributed by atoms with Crippen molar-refractivity contribution in [2.75, 3.05) is 11.1 Å². The maximum absolute atomic E-state index is 11.5. The minimum Gasteiger partial charge on any atom is -0.270 e. The number of aromatic amines is 1. The number of thioether (sulfide) groups is 1. The van der Waals surface area contributed by atoms with E-state index in [4.69, 9.17) is 0 Å². The molecule has 1 fully saturated rings. The number of nitrogens with one attached hydrogen (secondary N) is 1. The first kappa shape index (κ1) is 14.2. The van der Waals surface area contributed by atoms with Crippen LogP contribution in [0.2, 0.25) is 0 Å². The van der Waals surface area contributed by atoms with E-state index in [2.05, 4.69) is 26.1 Å². The van der Waals surface area contributed by atoms with Crippen LogP contribution >= 0.6 is 27.7 Å². The molecule has 1 aliphatic rings. The second-order valence-corrected chi connectivity index (χ2v) is 6.54. The molecule has 4 nitrogen and oxygen atoms in total. The van der Waals surface area contributed by atoms with Gasteiger partial charge < -0.3 is 0 Å². The molecular weight excluding hydrogens is 314 g/mol. The maximum Gasteiger partial charge on any atom is 0.343 e. The van der Waals surface area contributed by atoms with Crippen LogP contribution in [-0.2, 0) is 6.54 Å². The smallest absolute Gasteiger partial charge is 0.270 e. The Morgan fingerprint density at radius 1 is 1.44 bits per heavy atom. The van der Waals surface area contributed by atoms with Crippen LogP contribution in [-0.4, -0.2) is 25.8 Å². The summed E-state index contributed by atoms with van der Waals surface area (Å²) in [7, 11) is 0. The molecule has 102 valence electrons. The van der Waals surface area contributed by atoms with Crippen molar-refractivity contribution in [2.45, 2.75) is 50.7 Å². The second kappa shape index (κ2) is 6.28. The van der Waals surface area contributed by atoms with Gasteiger partial charge in [-0.1, -0.05) is 47.0 Å². The van der Waals surface area contributed by atoms with Crippen molar-refractivity contribution < 1.29 is 0 Å². The van der Waals surface area contributed by atoms with Crippen molar-refractivity contribution in [3.63, 3.8) is 0 Å². The van der Waals surface area contributed by atoms with Crippen LogP contribution in [0.3, 0.4) is 0 Å². The number of aromatic nitrogens is 3. The van der Waals surface area contributed by atoms with Crippen LogP contribution in [0, 0.1) is 5.41 Å². The number of rotatable bonds is 5. The average Bonchev–Trinajstić information content (AvgIpc) is 2.78. The highest BCUT2D eigenvalue weighted by atomic mass is 79.9. The topological polar surface area (TPSA) is 50.7 Å². The van der Waals surface area contributed by atoms with E-state index in [0.29, 0.717) is 12.0 Å². The predicted octanol–water partition coefficient (Wildman–Crippen LogP) is 3.03. The first-order valence-electron chi connectivity index (χ1n) is 6.55. The van der Waals surface area contributed by atoms with Gasteiger partial charge in [0.1, 0.15) is 0 Å². The zero-order chi connectivity index (χ0) is 13.0. The van der Waals surface area contributed by atoms with Gasteiger partial charge in [0.15, 0.2) is 5.16 Å². The second-order valence-electron chi connectivity index (χ2n) is 5.04. The summed E-state index contributed by atoms with van der Waals surface area (Å²) in [6.07, 6.45) is 6.58. The standard InChI is InChI=1S/C12H20BrN3OS/c1-2-16-10(17)14-15-11(16)18-9-12(8-13)6-4-3-5-7-12/h2-9H2,1H3,(H,14,17). The quantitative estimate of drug-likeness (QED) is 0.665. The fraction of sp³-hybridized carbons (Fsp3) is 0.833. The van der Waals surface area contributed by atoms with Gasteiger partial charge >= 0.3 is 5.69 Å². The van der Waals surface area contributed by atoms with Crippen molar-refractivity contribution in [1.29, 1.82) is 0 Å². The van der Waals surface area contributed by atoms with Gasteiger partial charge in [-0.2, -0.15) is 0 Å². The van der Waals surface area contributed by atoms with Crippen LogP contribution < -0.4 is 5.69 Å². The van der Waals surface area contributed by atoms with E-state index in [0.717, 1.165) is 16.2 Å². The third-order valence-electron chi connectivity index (χ3n) is 3.74. The van der Waals surface area contributed by atoms with Gasteiger partial charge in [-0.05, 0) is 25.2 Å². The molecule has 1 aromatic rings. The summed E-state index contributed by atoms with van der Waals surface area (Å²) in [5.41, 5.74) is 0.285. The summed E-state index contributed by atoms with van der Waals surface area (Å²) in [5, 5.41) is 8.52. The summed E-state index contributed by atoms with van der Waals surface area (Å²) in [6.45, 7) is 2.65. The normalized spacial score (nSPS) is 19.0. The first-order valence-corrected chi connectivity index (χ1v) is 8.65. The van der Waals surface area contributed by atoms with Crippen molar-refractivity contribution >= 4 is 27.7 Å². The molecule has 0 spiro atoms. The molecule has 1 aliphatic carbocycles. The summed E-state index contributed by atoms with van der Waals surface area (Å²) < 4.78 is 1.70. The summed E-state index contributed by atoms with van der Waals surface area (Å²) in [5.74, 6) is 1.04. The van der Waals surface area contributed by atoms with Crippen LogP contribution in [0.25, 0.3) is 0 Å². The fourth-order valence-electron chi connectivity index (χ4n) is 2.53. The lowest BCUT2D eigenvalue weighted by Gasteiger charge is -2.35. The predicted molar refractivity (Wildman–Crippen MR) is 78.6 cm³/mol. The van der Waals surface area contributed by atoms with Gasteiger partial charge in [0.25, 0.3) is 0 Å². The Kier molecular flexibility index (Phi) is 4.95. The van der Waals surface area contributed by atoms with Crippen LogP contribution in [0.4, 0.5) is 0 Å². The lowest BCUT2D eigenvalue weighted by Crippen LogP contribution is -2.29. The van der Waals surface area contributed by atoms with E-state index in [1.165, 1.54) is 32.1 Å². The highest BCUT2D eigenvalue weighted by Crippen LogP contribution is 2.41. The Balaban J connectivity index is 2.03. The van der Waals surface area contributed by atoms with Gasteiger partial charge in [-0.25, -0.2) is 9.89 Å². The first-order chi connectivity index (χ1) is 8.71. The minimum atomic E-state index is -0.100. The third-order valence-corrected chi connectivity index (χ3v) is 6.26. The lowest BCUT2D eigenvalue weighted by molar-refractivity contribution is 0.260. The van der Waals surface area contributed by atoms with Gasteiger partial charge in [0.05, 0.1) is 0 Å². The Bertz CT molecular complexity index is 437. The molecule has 6 heteroatoms. The molecule has 0 aliphatic heterocycles. The average molecular weight is 334 g/mol. The zero-order valence-corrected chi connectivity index (χ0v) is 13.1. The van der Waals surface area contributed by atoms with E-state index < -0.39 is 0 Å². The molecule has 0 unspecified atom stereocenters. The summed E-state index contributed by atoms with van der Waals surface area (Å²) in [4.78, 5) is 11.5. The number of halogens is 1. The Morgan fingerprint density at radius 2 is 2.17 bits per heavy atom. The van der Waals surface area contributed by atoms with Gasteiger partial charge in [-0.3, -0.25) is 4.57 Å².